The van der Waals surface area contributed by atoms with Crippen LogP contribution >= 0.6 is 23.4 Å². The summed E-state index contributed by atoms with van der Waals surface area (Å²) < 4.78 is 1.96. The minimum atomic E-state index is -0.350. The van der Waals surface area contributed by atoms with Crippen molar-refractivity contribution in [2.75, 3.05) is 0 Å². The number of rotatable bonds is 6. The highest BCUT2D eigenvalue weighted by molar-refractivity contribution is 8.00. The summed E-state index contributed by atoms with van der Waals surface area (Å²) in [5.74, 6) is 0.0318. The fraction of sp³-hybridized carbons (Fsp3) is 0.200. The molecule has 0 bridgehead atoms. The van der Waals surface area contributed by atoms with Crippen molar-refractivity contribution in [2.24, 2.45) is 0 Å². The molecular formula is C20H18ClN3OS. The lowest BCUT2D eigenvalue weighted by Crippen LogP contribution is -2.29. The maximum Gasteiger partial charge on any atom is 0.238 e. The third kappa shape index (κ3) is 3.94. The van der Waals surface area contributed by atoms with Crippen molar-refractivity contribution in [1.29, 1.82) is 0 Å². The summed E-state index contributed by atoms with van der Waals surface area (Å²) in [6, 6.07) is 17.7. The number of carbonyl (C=O) groups is 1. The van der Waals surface area contributed by atoms with Crippen molar-refractivity contribution in [3.8, 4) is 5.69 Å². The van der Waals surface area contributed by atoms with E-state index in [1.807, 2.05) is 65.4 Å². The van der Waals surface area contributed by atoms with Crippen LogP contribution in [0.3, 0.4) is 0 Å². The summed E-state index contributed by atoms with van der Waals surface area (Å²) >= 11 is 7.58. The largest absolute Gasteiger partial charge is 0.352 e. The molecule has 1 aromatic heterocycles. The van der Waals surface area contributed by atoms with Gasteiger partial charge in [-0.15, -0.1) is 0 Å². The maximum atomic E-state index is 12.8. The fourth-order valence-corrected chi connectivity index (χ4v) is 3.98. The van der Waals surface area contributed by atoms with Crippen LogP contribution in [0.2, 0.25) is 5.02 Å². The number of carbonyl (C=O) groups excluding carboxylic acids is 1. The van der Waals surface area contributed by atoms with Gasteiger partial charge in [0.1, 0.15) is 5.25 Å². The Morgan fingerprint density at radius 3 is 2.73 bits per heavy atom. The molecule has 2 aromatic carbocycles. The van der Waals surface area contributed by atoms with Gasteiger partial charge in [-0.2, -0.15) is 0 Å². The molecule has 4 rings (SSSR count). The number of benzene rings is 2. The molecule has 3 aromatic rings. The second-order valence-electron chi connectivity index (χ2n) is 6.25. The standard InChI is InChI=1S/C20H18ClN3OS/c21-15-7-4-8-17(13-15)24-12-11-22-20(24)26-18(14-5-2-1-3-6-14)19(25)23-16-9-10-16/h1-8,11-13,16,18H,9-10H2,(H,23,25). The molecule has 132 valence electrons. The first-order valence-electron chi connectivity index (χ1n) is 8.52. The Balaban J connectivity index is 1.64. The van der Waals surface area contributed by atoms with Gasteiger partial charge in [-0.05, 0) is 36.6 Å². The Morgan fingerprint density at radius 1 is 1.19 bits per heavy atom. The van der Waals surface area contributed by atoms with E-state index in [1.54, 1.807) is 6.20 Å². The van der Waals surface area contributed by atoms with Crippen LogP contribution in [0.15, 0.2) is 72.1 Å². The molecule has 1 atom stereocenters. The molecule has 1 saturated carbocycles. The number of amides is 1. The van der Waals surface area contributed by atoms with Gasteiger partial charge in [0, 0.05) is 29.1 Å². The van der Waals surface area contributed by atoms with Crippen LogP contribution in [0.4, 0.5) is 0 Å². The highest BCUT2D eigenvalue weighted by atomic mass is 35.5. The van der Waals surface area contributed by atoms with Gasteiger partial charge in [-0.3, -0.25) is 9.36 Å². The normalized spacial score (nSPS) is 14.8. The Bertz CT molecular complexity index is 908. The first-order chi connectivity index (χ1) is 12.7. The maximum absolute atomic E-state index is 12.8. The quantitative estimate of drug-likeness (QED) is 0.631. The molecule has 4 nitrogen and oxygen atoms in total. The molecular weight excluding hydrogens is 366 g/mol. The molecule has 0 radical (unpaired) electrons. The zero-order valence-electron chi connectivity index (χ0n) is 14.0. The van der Waals surface area contributed by atoms with E-state index < -0.39 is 0 Å². The lowest BCUT2D eigenvalue weighted by molar-refractivity contribution is -0.120. The van der Waals surface area contributed by atoms with Gasteiger partial charge in [0.25, 0.3) is 0 Å². The summed E-state index contributed by atoms with van der Waals surface area (Å²) in [6.45, 7) is 0. The van der Waals surface area contributed by atoms with Gasteiger partial charge in [-0.25, -0.2) is 4.98 Å². The highest BCUT2D eigenvalue weighted by Crippen LogP contribution is 2.36. The second-order valence-corrected chi connectivity index (χ2v) is 7.76. The zero-order chi connectivity index (χ0) is 17.9. The number of thioether (sulfide) groups is 1. The van der Waals surface area contributed by atoms with Crippen molar-refractivity contribution in [1.82, 2.24) is 14.9 Å². The minimum absolute atomic E-state index is 0.0318. The van der Waals surface area contributed by atoms with E-state index in [0.717, 1.165) is 29.2 Å². The average molecular weight is 384 g/mol. The average Bonchev–Trinajstić information content (AvgIpc) is 3.34. The number of hydrogen-bond acceptors (Lipinski definition) is 3. The van der Waals surface area contributed by atoms with Crippen LogP contribution < -0.4 is 5.32 Å². The van der Waals surface area contributed by atoms with Crippen LogP contribution in [0.25, 0.3) is 5.69 Å². The van der Waals surface area contributed by atoms with Crippen molar-refractivity contribution in [3.05, 3.63) is 77.6 Å². The number of nitrogens with zero attached hydrogens (tertiary/aromatic N) is 2. The molecule has 0 spiro atoms. The molecule has 1 aliphatic carbocycles. The first-order valence-corrected chi connectivity index (χ1v) is 9.78. The molecule has 1 amide bonds. The first kappa shape index (κ1) is 17.2. The number of hydrogen-bond donors (Lipinski definition) is 1. The fourth-order valence-electron chi connectivity index (χ4n) is 2.71. The van der Waals surface area contributed by atoms with E-state index in [4.69, 9.17) is 11.6 Å². The van der Waals surface area contributed by atoms with Gasteiger partial charge in [0.2, 0.25) is 5.91 Å². The second kappa shape index (κ2) is 7.56. The Morgan fingerprint density at radius 2 is 2.00 bits per heavy atom. The lowest BCUT2D eigenvalue weighted by Gasteiger charge is -2.17. The van der Waals surface area contributed by atoms with E-state index in [0.29, 0.717) is 11.1 Å². The molecule has 1 heterocycles. The van der Waals surface area contributed by atoms with Gasteiger partial charge in [0.15, 0.2) is 5.16 Å². The number of halogens is 1. The molecule has 1 unspecified atom stereocenters. The molecule has 0 aliphatic heterocycles. The summed E-state index contributed by atoms with van der Waals surface area (Å²) in [4.78, 5) is 17.3. The van der Waals surface area contributed by atoms with E-state index in [1.165, 1.54) is 11.8 Å². The van der Waals surface area contributed by atoms with E-state index in [2.05, 4.69) is 10.3 Å². The number of aromatic nitrogens is 2. The van der Waals surface area contributed by atoms with E-state index in [9.17, 15) is 4.79 Å². The van der Waals surface area contributed by atoms with Crippen LogP contribution in [-0.2, 0) is 4.79 Å². The van der Waals surface area contributed by atoms with Crippen molar-refractivity contribution < 1.29 is 4.79 Å². The molecule has 1 aliphatic rings. The summed E-state index contributed by atoms with van der Waals surface area (Å²) in [5.41, 5.74) is 1.89. The van der Waals surface area contributed by atoms with Crippen LogP contribution in [0, 0.1) is 0 Å². The smallest absolute Gasteiger partial charge is 0.238 e. The predicted octanol–water partition coefficient (Wildman–Crippen LogP) is 4.64. The third-order valence-corrected chi connectivity index (χ3v) is 5.65. The Labute approximate surface area is 161 Å². The summed E-state index contributed by atoms with van der Waals surface area (Å²) in [7, 11) is 0. The molecule has 1 fully saturated rings. The minimum Gasteiger partial charge on any atom is -0.352 e. The number of nitrogens with one attached hydrogen (secondary N) is 1. The topological polar surface area (TPSA) is 46.9 Å². The van der Waals surface area contributed by atoms with Crippen LogP contribution in [-0.4, -0.2) is 21.5 Å². The van der Waals surface area contributed by atoms with Gasteiger partial charge in [0.05, 0.1) is 0 Å². The molecule has 0 saturated heterocycles. The van der Waals surface area contributed by atoms with E-state index in [-0.39, 0.29) is 11.2 Å². The Hall–Kier alpha value is -2.24. The van der Waals surface area contributed by atoms with Crippen molar-refractivity contribution >= 4 is 29.3 Å². The zero-order valence-corrected chi connectivity index (χ0v) is 15.6. The van der Waals surface area contributed by atoms with Crippen LogP contribution in [0.1, 0.15) is 23.7 Å². The van der Waals surface area contributed by atoms with Crippen molar-refractivity contribution in [3.63, 3.8) is 0 Å². The van der Waals surface area contributed by atoms with Gasteiger partial charge < -0.3 is 5.32 Å². The summed E-state index contributed by atoms with van der Waals surface area (Å²) in [5, 5.41) is 4.19. The van der Waals surface area contributed by atoms with Crippen molar-refractivity contribution in [2.45, 2.75) is 29.3 Å². The summed E-state index contributed by atoms with van der Waals surface area (Å²) in [6.07, 6.45) is 5.75. The molecule has 1 N–H and O–H groups in total. The lowest BCUT2D eigenvalue weighted by atomic mass is 10.1. The number of imidazole rings is 1. The predicted molar refractivity (Wildman–Crippen MR) is 105 cm³/mol. The molecule has 6 heteroatoms. The monoisotopic (exact) mass is 383 g/mol. The van der Waals surface area contributed by atoms with Crippen LogP contribution in [0.5, 0.6) is 0 Å². The van der Waals surface area contributed by atoms with Gasteiger partial charge >= 0.3 is 0 Å². The van der Waals surface area contributed by atoms with Gasteiger partial charge in [-0.1, -0.05) is 59.8 Å². The Kier molecular flexibility index (Phi) is 5.00. The van der Waals surface area contributed by atoms with E-state index >= 15 is 0 Å². The molecule has 26 heavy (non-hydrogen) atoms. The highest BCUT2D eigenvalue weighted by Gasteiger charge is 2.30. The third-order valence-electron chi connectivity index (χ3n) is 4.18. The SMILES string of the molecule is O=C(NC1CC1)C(Sc1nccn1-c1cccc(Cl)c1)c1ccccc1.